The minimum atomic E-state index is -0.639. The molecule has 0 saturated carbocycles. The fourth-order valence-corrected chi connectivity index (χ4v) is 3.09. The molecule has 0 spiro atoms. The molecule has 8 heteroatoms. The van der Waals surface area contributed by atoms with E-state index in [0.717, 1.165) is 5.56 Å². The van der Waals surface area contributed by atoms with E-state index in [-0.39, 0.29) is 49.2 Å². The lowest BCUT2D eigenvalue weighted by atomic mass is 10.0. The van der Waals surface area contributed by atoms with Gasteiger partial charge in [0.25, 0.3) is 0 Å². The molecule has 3 amide bonds. The van der Waals surface area contributed by atoms with Gasteiger partial charge in [-0.05, 0) is 23.6 Å². The molecule has 1 aromatic carbocycles. The molecule has 0 aromatic heterocycles. The zero-order chi connectivity index (χ0) is 20.0. The normalized spacial score (nSPS) is 17.9. The van der Waals surface area contributed by atoms with Crippen molar-refractivity contribution < 1.29 is 23.5 Å². The predicted molar refractivity (Wildman–Crippen MR) is 96.8 cm³/mol. The Balaban J connectivity index is 2.10. The van der Waals surface area contributed by atoms with Crippen LogP contribution in [0.25, 0.3) is 0 Å². The van der Waals surface area contributed by atoms with Gasteiger partial charge in [0.2, 0.25) is 17.7 Å². The highest BCUT2D eigenvalue weighted by Gasteiger charge is 2.33. The number of benzene rings is 1. The van der Waals surface area contributed by atoms with Crippen LogP contribution >= 0.6 is 0 Å². The number of halogens is 1. The van der Waals surface area contributed by atoms with Gasteiger partial charge in [0.15, 0.2) is 0 Å². The number of hydrogen-bond acceptors (Lipinski definition) is 4. The molecule has 0 unspecified atom stereocenters. The van der Waals surface area contributed by atoms with Crippen LogP contribution in [0.3, 0.4) is 0 Å². The number of ether oxygens (including phenoxy) is 1. The maximum atomic E-state index is 13.1. The SMILES string of the molecule is CC(C)[C@H]1CN(C(=O)COCC(N)=O)CCC(=O)N1Cc1ccc(F)cc1. The Morgan fingerprint density at radius 2 is 1.93 bits per heavy atom. The van der Waals surface area contributed by atoms with Crippen molar-refractivity contribution in [2.45, 2.75) is 32.9 Å². The molecule has 1 aliphatic rings. The molecular formula is C19H26FN3O4. The maximum absolute atomic E-state index is 13.1. The van der Waals surface area contributed by atoms with E-state index in [9.17, 15) is 18.8 Å². The van der Waals surface area contributed by atoms with Gasteiger partial charge >= 0.3 is 0 Å². The third-order valence-corrected chi connectivity index (χ3v) is 4.58. The third kappa shape index (κ3) is 6.02. The number of carbonyl (C=O) groups is 3. The Morgan fingerprint density at radius 1 is 1.26 bits per heavy atom. The van der Waals surface area contributed by atoms with E-state index in [2.05, 4.69) is 0 Å². The van der Waals surface area contributed by atoms with Crippen molar-refractivity contribution in [2.75, 3.05) is 26.3 Å². The summed E-state index contributed by atoms with van der Waals surface area (Å²) < 4.78 is 18.1. The summed E-state index contributed by atoms with van der Waals surface area (Å²) in [6.45, 7) is 4.45. The second kappa shape index (κ2) is 9.45. The Labute approximate surface area is 158 Å². The molecule has 2 rings (SSSR count). The molecule has 1 aromatic rings. The van der Waals surface area contributed by atoms with Gasteiger partial charge in [-0.2, -0.15) is 0 Å². The fourth-order valence-electron chi connectivity index (χ4n) is 3.09. The molecular weight excluding hydrogens is 353 g/mol. The number of primary amides is 1. The van der Waals surface area contributed by atoms with Gasteiger partial charge in [-0.3, -0.25) is 14.4 Å². The lowest BCUT2D eigenvalue weighted by Gasteiger charge is -2.34. The molecule has 7 nitrogen and oxygen atoms in total. The average Bonchev–Trinajstić information content (AvgIpc) is 2.76. The Hall–Kier alpha value is -2.48. The molecule has 1 fully saturated rings. The van der Waals surface area contributed by atoms with E-state index < -0.39 is 5.91 Å². The molecule has 27 heavy (non-hydrogen) atoms. The van der Waals surface area contributed by atoms with Crippen molar-refractivity contribution in [1.29, 1.82) is 0 Å². The molecule has 1 atom stereocenters. The molecule has 2 N–H and O–H groups in total. The monoisotopic (exact) mass is 379 g/mol. The maximum Gasteiger partial charge on any atom is 0.248 e. The van der Waals surface area contributed by atoms with Gasteiger partial charge in [0, 0.05) is 26.1 Å². The largest absolute Gasteiger partial charge is 0.368 e. The van der Waals surface area contributed by atoms with Crippen molar-refractivity contribution in [2.24, 2.45) is 11.7 Å². The molecule has 0 bridgehead atoms. The van der Waals surface area contributed by atoms with Crippen LogP contribution in [-0.4, -0.2) is 59.9 Å². The summed E-state index contributed by atoms with van der Waals surface area (Å²) in [5.41, 5.74) is 5.83. The quantitative estimate of drug-likeness (QED) is 0.762. The lowest BCUT2D eigenvalue weighted by molar-refractivity contribution is -0.138. The Morgan fingerprint density at radius 3 is 2.52 bits per heavy atom. The zero-order valence-electron chi connectivity index (χ0n) is 15.7. The molecule has 1 aliphatic heterocycles. The summed E-state index contributed by atoms with van der Waals surface area (Å²) in [7, 11) is 0. The first-order valence-corrected chi connectivity index (χ1v) is 8.95. The van der Waals surface area contributed by atoms with Gasteiger partial charge in [-0.15, -0.1) is 0 Å². The van der Waals surface area contributed by atoms with Crippen molar-refractivity contribution in [3.05, 3.63) is 35.6 Å². The summed E-state index contributed by atoms with van der Waals surface area (Å²) in [5, 5.41) is 0. The molecule has 0 radical (unpaired) electrons. The van der Waals surface area contributed by atoms with E-state index >= 15 is 0 Å². The smallest absolute Gasteiger partial charge is 0.248 e. The Bertz CT molecular complexity index is 678. The summed E-state index contributed by atoms with van der Waals surface area (Å²) in [6, 6.07) is 5.88. The number of hydrogen-bond donors (Lipinski definition) is 1. The standard InChI is InChI=1S/C19H26FN3O4/c1-13(2)16-10-22(19(26)12-27-11-17(21)24)8-7-18(25)23(16)9-14-3-5-15(20)6-4-14/h3-6,13,16H,7-12H2,1-2H3,(H2,21,24)/t16-/m1/s1. The van der Waals surface area contributed by atoms with E-state index in [1.807, 2.05) is 13.8 Å². The highest BCUT2D eigenvalue weighted by atomic mass is 19.1. The molecule has 1 heterocycles. The van der Waals surface area contributed by atoms with Crippen LogP contribution in [0, 0.1) is 11.7 Å². The minimum Gasteiger partial charge on any atom is -0.368 e. The fraction of sp³-hybridized carbons (Fsp3) is 0.526. The zero-order valence-corrected chi connectivity index (χ0v) is 15.7. The third-order valence-electron chi connectivity index (χ3n) is 4.58. The van der Waals surface area contributed by atoms with Crippen LogP contribution in [-0.2, 0) is 25.7 Å². The second-order valence-corrected chi connectivity index (χ2v) is 7.01. The van der Waals surface area contributed by atoms with Crippen LogP contribution in [0.5, 0.6) is 0 Å². The van der Waals surface area contributed by atoms with Crippen molar-refractivity contribution in [1.82, 2.24) is 9.80 Å². The van der Waals surface area contributed by atoms with Crippen molar-refractivity contribution >= 4 is 17.7 Å². The number of carbonyl (C=O) groups excluding carboxylic acids is 3. The van der Waals surface area contributed by atoms with Gasteiger partial charge in [-0.1, -0.05) is 26.0 Å². The van der Waals surface area contributed by atoms with Crippen LogP contribution < -0.4 is 5.73 Å². The molecule has 1 saturated heterocycles. The molecule has 148 valence electrons. The van der Waals surface area contributed by atoms with E-state index in [4.69, 9.17) is 10.5 Å². The van der Waals surface area contributed by atoms with Gasteiger partial charge in [-0.25, -0.2) is 4.39 Å². The van der Waals surface area contributed by atoms with Crippen molar-refractivity contribution in [3.63, 3.8) is 0 Å². The summed E-state index contributed by atoms with van der Waals surface area (Å²) in [5.74, 6) is -1.17. The van der Waals surface area contributed by atoms with Gasteiger partial charge in [0.1, 0.15) is 19.0 Å². The van der Waals surface area contributed by atoms with Crippen molar-refractivity contribution in [3.8, 4) is 0 Å². The minimum absolute atomic E-state index is 0.0496. The van der Waals surface area contributed by atoms with Crippen LogP contribution in [0.1, 0.15) is 25.8 Å². The number of nitrogens with zero attached hydrogens (tertiary/aromatic N) is 2. The number of rotatable bonds is 7. The average molecular weight is 379 g/mol. The Kier molecular flexibility index (Phi) is 7.29. The first-order valence-electron chi connectivity index (χ1n) is 8.95. The van der Waals surface area contributed by atoms with E-state index in [1.54, 1.807) is 21.9 Å². The number of amides is 3. The highest BCUT2D eigenvalue weighted by molar-refractivity contribution is 5.81. The molecule has 0 aliphatic carbocycles. The van der Waals surface area contributed by atoms with Gasteiger partial charge in [0.05, 0.1) is 6.04 Å². The summed E-state index contributed by atoms with van der Waals surface area (Å²) in [6.07, 6.45) is 0.200. The van der Waals surface area contributed by atoms with E-state index in [1.165, 1.54) is 12.1 Å². The predicted octanol–water partition coefficient (Wildman–Crippen LogP) is 0.913. The summed E-state index contributed by atoms with van der Waals surface area (Å²) >= 11 is 0. The van der Waals surface area contributed by atoms with Crippen LogP contribution in [0.2, 0.25) is 0 Å². The number of nitrogens with two attached hydrogens (primary N) is 1. The lowest BCUT2D eigenvalue weighted by Crippen LogP contribution is -2.47. The van der Waals surface area contributed by atoms with Crippen LogP contribution in [0.4, 0.5) is 4.39 Å². The second-order valence-electron chi connectivity index (χ2n) is 7.01. The topological polar surface area (TPSA) is 92.9 Å². The summed E-state index contributed by atoms with van der Waals surface area (Å²) in [4.78, 5) is 39.2. The van der Waals surface area contributed by atoms with Crippen LogP contribution in [0.15, 0.2) is 24.3 Å². The first kappa shape index (κ1) is 20.8. The van der Waals surface area contributed by atoms with E-state index in [0.29, 0.717) is 19.6 Å². The highest BCUT2D eigenvalue weighted by Crippen LogP contribution is 2.21. The van der Waals surface area contributed by atoms with Gasteiger partial charge < -0.3 is 20.3 Å². The first-order chi connectivity index (χ1) is 12.8.